The summed E-state index contributed by atoms with van der Waals surface area (Å²) >= 11 is 12.2. The highest BCUT2D eigenvalue weighted by molar-refractivity contribution is 6.31. The lowest BCUT2D eigenvalue weighted by Crippen LogP contribution is -2.26. The smallest absolute Gasteiger partial charge is 0.265 e. The zero-order valence-electron chi connectivity index (χ0n) is 18.1. The maximum Gasteiger partial charge on any atom is 0.296 e. The first-order chi connectivity index (χ1) is 15.6. The van der Waals surface area contributed by atoms with E-state index in [2.05, 4.69) is 15.3 Å². The van der Waals surface area contributed by atoms with Gasteiger partial charge in [-0.1, -0.05) is 74.2 Å². The van der Waals surface area contributed by atoms with E-state index in [9.17, 15) is 4.79 Å². The third-order valence-corrected chi connectivity index (χ3v) is 6.19. The van der Waals surface area contributed by atoms with Crippen molar-refractivity contribution >= 4 is 28.8 Å². The molecule has 2 heterocycles. The van der Waals surface area contributed by atoms with Gasteiger partial charge in [-0.25, -0.2) is 0 Å². The highest BCUT2D eigenvalue weighted by Gasteiger charge is 2.24. The summed E-state index contributed by atoms with van der Waals surface area (Å²) in [6.45, 7) is 4.00. The first-order valence-electron chi connectivity index (χ1n) is 10.9. The predicted octanol–water partition coefficient (Wildman–Crippen LogP) is 6.81. The Bertz CT molecular complexity index is 1280. The Morgan fingerprint density at radius 3 is 2.00 bits per heavy atom. The van der Waals surface area contributed by atoms with Crippen LogP contribution in [-0.2, 0) is 0 Å². The van der Waals surface area contributed by atoms with Crippen LogP contribution in [-0.4, -0.2) is 19.8 Å². The Kier molecular flexibility index (Phi) is 6.87. The first kappa shape index (κ1) is 22.4. The van der Waals surface area contributed by atoms with Crippen LogP contribution in [0, 0.1) is 0 Å². The standard InChI is InChI=1S/C23H18Cl2N4O.C2H6/c24-17-9-5-14(6-10-17)19-13-26-29-22(20(19)15-7-11-18(25)12-8-15)28-27-21(23(29)30)16-3-1-2-4-16;1-2/h5-13,16H,1-4H2;1-2H3. The molecule has 7 heteroatoms. The van der Waals surface area contributed by atoms with E-state index in [1.54, 1.807) is 6.20 Å². The number of hydrogen-bond donors (Lipinski definition) is 0. The molecule has 0 amide bonds. The van der Waals surface area contributed by atoms with Gasteiger partial charge in [0.15, 0.2) is 5.65 Å². The van der Waals surface area contributed by atoms with E-state index in [-0.39, 0.29) is 11.5 Å². The second-order valence-electron chi connectivity index (χ2n) is 7.55. The molecule has 32 heavy (non-hydrogen) atoms. The molecule has 5 rings (SSSR count). The summed E-state index contributed by atoms with van der Waals surface area (Å²) in [5.41, 5.74) is 4.18. The minimum Gasteiger partial charge on any atom is -0.265 e. The minimum absolute atomic E-state index is 0.165. The number of halogens is 2. The molecule has 2 aromatic heterocycles. The molecule has 1 fully saturated rings. The second kappa shape index (κ2) is 9.80. The lowest BCUT2D eigenvalue weighted by atomic mass is 9.97. The Labute approximate surface area is 197 Å². The lowest BCUT2D eigenvalue weighted by molar-refractivity contribution is 0.649. The summed E-state index contributed by atoms with van der Waals surface area (Å²) < 4.78 is 1.38. The van der Waals surface area contributed by atoms with Crippen molar-refractivity contribution in [1.29, 1.82) is 0 Å². The first-order valence-corrected chi connectivity index (χ1v) is 11.7. The van der Waals surface area contributed by atoms with Gasteiger partial charge < -0.3 is 0 Å². The van der Waals surface area contributed by atoms with Crippen LogP contribution in [0.5, 0.6) is 0 Å². The van der Waals surface area contributed by atoms with E-state index in [1.165, 1.54) is 4.52 Å². The molecule has 1 aliphatic carbocycles. The van der Waals surface area contributed by atoms with Gasteiger partial charge in [0.1, 0.15) is 5.69 Å². The average Bonchev–Trinajstić information content (AvgIpc) is 3.36. The predicted molar refractivity (Wildman–Crippen MR) is 131 cm³/mol. The third-order valence-electron chi connectivity index (χ3n) is 5.69. The maximum absolute atomic E-state index is 13.2. The van der Waals surface area contributed by atoms with Crippen molar-refractivity contribution in [2.24, 2.45) is 0 Å². The van der Waals surface area contributed by atoms with Gasteiger partial charge in [-0.05, 0) is 48.2 Å². The molecular formula is C25H24Cl2N4O. The van der Waals surface area contributed by atoms with Crippen molar-refractivity contribution < 1.29 is 0 Å². The molecule has 0 aliphatic heterocycles. The largest absolute Gasteiger partial charge is 0.296 e. The maximum atomic E-state index is 13.2. The molecule has 0 unspecified atom stereocenters. The monoisotopic (exact) mass is 466 g/mol. The summed E-state index contributed by atoms with van der Waals surface area (Å²) in [5, 5.41) is 14.6. The molecule has 0 radical (unpaired) electrons. The van der Waals surface area contributed by atoms with Crippen LogP contribution in [0.15, 0.2) is 59.5 Å². The molecule has 0 saturated heterocycles. The Morgan fingerprint density at radius 1 is 0.844 bits per heavy atom. The highest BCUT2D eigenvalue weighted by Crippen LogP contribution is 2.35. The topological polar surface area (TPSA) is 60.2 Å². The average molecular weight is 467 g/mol. The number of aromatic nitrogens is 4. The van der Waals surface area contributed by atoms with Crippen LogP contribution in [0.2, 0.25) is 10.0 Å². The Balaban J connectivity index is 0.00000119. The van der Waals surface area contributed by atoms with Crippen molar-refractivity contribution in [2.75, 3.05) is 0 Å². The number of rotatable bonds is 3. The molecule has 164 valence electrons. The van der Waals surface area contributed by atoms with Gasteiger partial charge in [0.2, 0.25) is 0 Å². The van der Waals surface area contributed by atoms with Gasteiger partial charge in [0.25, 0.3) is 5.56 Å². The summed E-state index contributed by atoms with van der Waals surface area (Å²) in [4.78, 5) is 13.2. The van der Waals surface area contributed by atoms with Crippen LogP contribution >= 0.6 is 23.2 Å². The van der Waals surface area contributed by atoms with E-state index in [4.69, 9.17) is 23.2 Å². The summed E-state index contributed by atoms with van der Waals surface area (Å²) in [5.74, 6) is 0.165. The number of benzene rings is 2. The quantitative estimate of drug-likeness (QED) is 0.332. The van der Waals surface area contributed by atoms with Crippen molar-refractivity contribution in [3.8, 4) is 22.3 Å². The van der Waals surface area contributed by atoms with E-state index in [0.717, 1.165) is 47.9 Å². The molecule has 0 N–H and O–H groups in total. The number of fused-ring (bicyclic) bond motifs is 1. The Hall–Kier alpha value is -2.76. The van der Waals surface area contributed by atoms with E-state index in [0.29, 0.717) is 21.4 Å². The summed E-state index contributed by atoms with van der Waals surface area (Å²) in [6.07, 6.45) is 5.90. The molecule has 0 bridgehead atoms. The van der Waals surface area contributed by atoms with Gasteiger partial charge in [0.05, 0.1) is 6.20 Å². The van der Waals surface area contributed by atoms with Crippen LogP contribution in [0.3, 0.4) is 0 Å². The SMILES string of the molecule is CC.O=c1c(C2CCCC2)nnc2c(-c3ccc(Cl)cc3)c(-c3ccc(Cl)cc3)cnn12. The van der Waals surface area contributed by atoms with E-state index in [1.807, 2.05) is 62.4 Å². The van der Waals surface area contributed by atoms with Crippen LogP contribution in [0.25, 0.3) is 27.9 Å². The minimum atomic E-state index is -0.190. The van der Waals surface area contributed by atoms with Gasteiger partial charge in [0, 0.05) is 27.1 Å². The lowest BCUT2D eigenvalue weighted by Gasteiger charge is -2.14. The van der Waals surface area contributed by atoms with Crippen molar-refractivity contribution in [1.82, 2.24) is 19.8 Å². The molecule has 1 aliphatic rings. The van der Waals surface area contributed by atoms with Gasteiger partial charge >= 0.3 is 0 Å². The zero-order chi connectivity index (χ0) is 22.7. The van der Waals surface area contributed by atoms with E-state index < -0.39 is 0 Å². The molecule has 1 saturated carbocycles. The fourth-order valence-corrected chi connectivity index (χ4v) is 4.41. The van der Waals surface area contributed by atoms with Crippen LogP contribution in [0.4, 0.5) is 0 Å². The third kappa shape index (κ3) is 4.27. The van der Waals surface area contributed by atoms with Gasteiger partial charge in [-0.3, -0.25) is 4.79 Å². The summed E-state index contributed by atoms with van der Waals surface area (Å²) in [7, 11) is 0. The van der Waals surface area contributed by atoms with Gasteiger partial charge in [-0.15, -0.1) is 10.2 Å². The fourth-order valence-electron chi connectivity index (χ4n) is 4.16. The molecule has 0 spiro atoms. The molecular weight excluding hydrogens is 443 g/mol. The molecule has 0 atom stereocenters. The number of hydrogen-bond acceptors (Lipinski definition) is 4. The second-order valence-corrected chi connectivity index (χ2v) is 8.43. The molecule has 2 aromatic carbocycles. The van der Waals surface area contributed by atoms with Crippen molar-refractivity contribution in [3.63, 3.8) is 0 Å². The normalized spacial score (nSPS) is 13.8. The van der Waals surface area contributed by atoms with Crippen LogP contribution < -0.4 is 5.56 Å². The Morgan fingerprint density at radius 2 is 1.41 bits per heavy atom. The zero-order valence-corrected chi connectivity index (χ0v) is 19.6. The summed E-state index contributed by atoms with van der Waals surface area (Å²) in [6, 6.07) is 15.0. The van der Waals surface area contributed by atoms with Crippen molar-refractivity contribution in [2.45, 2.75) is 45.4 Å². The highest BCUT2D eigenvalue weighted by atomic mass is 35.5. The molecule has 4 aromatic rings. The van der Waals surface area contributed by atoms with Gasteiger partial charge in [-0.2, -0.15) is 9.61 Å². The van der Waals surface area contributed by atoms with Crippen LogP contribution in [0.1, 0.15) is 51.1 Å². The number of nitrogens with zero attached hydrogens (tertiary/aromatic N) is 4. The molecule has 5 nitrogen and oxygen atoms in total. The van der Waals surface area contributed by atoms with Crippen molar-refractivity contribution in [3.05, 3.63) is 80.8 Å². The van der Waals surface area contributed by atoms with E-state index >= 15 is 0 Å². The fraction of sp³-hybridized carbons (Fsp3) is 0.280.